The quantitative estimate of drug-likeness (QED) is 0.648. The lowest BCUT2D eigenvalue weighted by molar-refractivity contribution is -0.145. The Morgan fingerprint density at radius 3 is 2.64 bits per heavy atom. The maximum absolute atomic E-state index is 11.4. The van der Waals surface area contributed by atoms with Crippen LogP contribution in [0.25, 0.3) is 0 Å². The number of carbonyl (C=O) groups is 2. The molecular weight excluding hydrogens is 184 g/mol. The van der Waals surface area contributed by atoms with E-state index in [0.29, 0.717) is 6.54 Å². The predicted octanol–water partition coefficient (Wildman–Crippen LogP) is 0.511. The number of hydrogen-bond acceptors (Lipinski definition) is 2. The Balaban J connectivity index is 2.79. The van der Waals surface area contributed by atoms with Crippen LogP contribution < -0.4 is 5.32 Å². The smallest absolute Gasteiger partial charge is 0.326 e. The van der Waals surface area contributed by atoms with Gasteiger partial charge >= 0.3 is 12.0 Å². The molecule has 2 N–H and O–H groups in total. The van der Waals surface area contributed by atoms with Gasteiger partial charge in [-0.15, -0.1) is 0 Å². The van der Waals surface area contributed by atoms with Crippen LogP contribution in [0.1, 0.15) is 19.8 Å². The van der Waals surface area contributed by atoms with Crippen LogP contribution in [0.5, 0.6) is 0 Å². The van der Waals surface area contributed by atoms with Gasteiger partial charge in [-0.1, -0.05) is 6.92 Å². The van der Waals surface area contributed by atoms with Crippen molar-refractivity contribution in [3.63, 3.8) is 0 Å². The molecule has 2 atom stereocenters. The van der Waals surface area contributed by atoms with Gasteiger partial charge in [0, 0.05) is 13.6 Å². The normalized spacial score (nSPS) is 27.1. The van der Waals surface area contributed by atoms with Crippen molar-refractivity contribution >= 4 is 12.0 Å². The Morgan fingerprint density at radius 2 is 2.14 bits per heavy atom. The fourth-order valence-corrected chi connectivity index (χ4v) is 1.94. The summed E-state index contributed by atoms with van der Waals surface area (Å²) < 4.78 is 0. The van der Waals surface area contributed by atoms with Crippen LogP contribution in [0.15, 0.2) is 0 Å². The van der Waals surface area contributed by atoms with Crippen LogP contribution in [0, 0.1) is 5.92 Å². The Labute approximate surface area is 83.1 Å². The standard InChI is InChI=1S/C9H16N2O3/c1-6-4-3-5-11(9(14)10-2)7(6)8(12)13/h6-7H,3-5H2,1-2H3,(H,10,14)(H,12,13). The van der Waals surface area contributed by atoms with Crippen LogP contribution in [0.3, 0.4) is 0 Å². The minimum atomic E-state index is -0.916. The zero-order valence-electron chi connectivity index (χ0n) is 8.49. The van der Waals surface area contributed by atoms with Gasteiger partial charge in [0.1, 0.15) is 6.04 Å². The molecular formula is C9H16N2O3. The number of nitrogens with one attached hydrogen (secondary N) is 1. The molecule has 0 aromatic heterocycles. The molecule has 2 unspecified atom stereocenters. The number of nitrogens with zero attached hydrogens (tertiary/aromatic N) is 1. The average Bonchev–Trinajstić information content (AvgIpc) is 2.15. The summed E-state index contributed by atoms with van der Waals surface area (Å²) in [6.07, 6.45) is 1.74. The SMILES string of the molecule is CNC(=O)N1CCCC(C)C1C(=O)O. The largest absolute Gasteiger partial charge is 0.480 e. The number of urea groups is 1. The maximum atomic E-state index is 11.4. The second kappa shape index (κ2) is 4.30. The summed E-state index contributed by atoms with van der Waals surface area (Å²) in [7, 11) is 1.51. The summed E-state index contributed by atoms with van der Waals surface area (Å²) >= 11 is 0. The van der Waals surface area contributed by atoms with E-state index < -0.39 is 12.0 Å². The molecule has 0 radical (unpaired) electrons. The van der Waals surface area contributed by atoms with Gasteiger partial charge in [-0.05, 0) is 18.8 Å². The van der Waals surface area contributed by atoms with Crippen molar-refractivity contribution in [2.45, 2.75) is 25.8 Å². The first-order valence-corrected chi connectivity index (χ1v) is 4.79. The van der Waals surface area contributed by atoms with Crippen molar-refractivity contribution in [3.8, 4) is 0 Å². The molecule has 0 saturated carbocycles. The fourth-order valence-electron chi connectivity index (χ4n) is 1.94. The second-order valence-corrected chi connectivity index (χ2v) is 3.65. The van der Waals surface area contributed by atoms with Crippen molar-refractivity contribution in [1.29, 1.82) is 0 Å². The number of likely N-dealkylation sites (tertiary alicyclic amines) is 1. The highest BCUT2D eigenvalue weighted by atomic mass is 16.4. The second-order valence-electron chi connectivity index (χ2n) is 3.65. The molecule has 2 amide bonds. The van der Waals surface area contributed by atoms with E-state index in [1.54, 1.807) is 0 Å². The summed E-state index contributed by atoms with van der Waals surface area (Å²) in [5, 5.41) is 11.5. The summed E-state index contributed by atoms with van der Waals surface area (Å²) in [5.41, 5.74) is 0. The average molecular weight is 200 g/mol. The van der Waals surface area contributed by atoms with Gasteiger partial charge in [0.15, 0.2) is 0 Å². The van der Waals surface area contributed by atoms with Gasteiger partial charge in [-0.25, -0.2) is 9.59 Å². The van der Waals surface area contributed by atoms with E-state index in [-0.39, 0.29) is 11.9 Å². The summed E-state index contributed by atoms with van der Waals surface area (Å²) in [5.74, 6) is -0.889. The molecule has 14 heavy (non-hydrogen) atoms. The Kier molecular flexibility index (Phi) is 3.33. The molecule has 1 saturated heterocycles. The molecule has 0 aromatic carbocycles. The Bertz CT molecular complexity index is 242. The number of rotatable bonds is 1. The number of carboxylic acid groups (broad SMARTS) is 1. The number of hydrogen-bond donors (Lipinski definition) is 2. The van der Waals surface area contributed by atoms with Crippen LogP contribution in [-0.4, -0.2) is 41.6 Å². The summed E-state index contributed by atoms with van der Waals surface area (Å²) in [6.45, 7) is 2.40. The molecule has 0 aromatic rings. The topological polar surface area (TPSA) is 69.6 Å². The fraction of sp³-hybridized carbons (Fsp3) is 0.778. The van der Waals surface area contributed by atoms with Crippen LogP contribution in [0.4, 0.5) is 4.79 Å². The van der Waals surface area contributed by atoms with E-state index in [9.17, 15) is 9.59 Å². The van der Waals surface area contributed by atoms with E-state index >= 15 is 0 Å². The molecule has 1 rings (SSSR count). The van der Waals surface area contributed by atoms with Crippen molar-refractivity contribution in [1.82, 2.24) is 10.2 Å². The number of carbonyl (C=O) groups excluding carboxylic acids is 1. The first-order valence-electron chi connectivity index (χ1n) is 4.79. The van der Waals surface area contributed by atoms with Gasteiger partial charge in [-0.3, -0.25) is 0 Å². The van der Waals surface area contributed by atoms with Crippen LogP contribution in [-0.2, 0) is 4.79 Å². The predicted molar refractivity (Wildman–Crippen MR) is 51.0 cm³/mol. The van der Waals surface area contributed by atoms with E-state index in [4.69, 9.17) is 5.11 Å². The van der Waals surface area contributed by atoms with Gasteiger partial charge < -0.3 is 15.3 Å². The molecule has 0 bridgehead atoms. The highest BCUT2D eigenvalue weighted by molar-refractivity contribution is 5.82. The van der Waals surface area contributed by atoms with Crippen molar-refractivity contribution in [2.24, 2.45) is 5.92 Å². The molecule has 0 spiro atoms. The first-order chi connectivity index (χ1) is 6.57. The monoisotopic (exact) mass is 200 g/mol. The van der Waals surface area contributed by atoms with E-state index in [0.717, 1.165) is 12.8 Å². The Hall–Kier alpha value is -1.26. The molecule has 1 heterocycles. The number of carboxylic acids is 1. The van der Waals surface area contributed by atoms with Crippen molar-refractivity contribution in [3.05, 3.63) is 0 Å². The summed E-state index contributed by atoms with van der Waals surface area (Å²) in [4.78, 5) is 23.8. The Morgan fingerprint density at radius 1 is 1.50 bits per heavy atom. The number of piperidine rings is 1. The third-order valence-electron chi connectivity index (χ3n) is 2.66. The van der Waals surface area contributed by atoms with Gasteiger partial charge in [0.25, 0.3) is 0 Å². The van der Waals surface area contributed by atoms with Gasteiger partial charge in [0.2, 0.25) is 0 Å². The summed E-state index contributed by atoms with van der Waals surface area (Å²) in [6, 6.07) is -0.979. The molecule has 0 aliphatic carbocycles. The first kappa shape index (κ1) is 10.8. The third kappa shape index (κ3) is 1.97. The van der Waals surface area contributed by atoms with Crippen LogP contribution in [0.2, 0.25) is 0 Å². The van der Waals surface area contributed by atoms with E-state index in [1.807, 2.05) is 6.92 Å². The molecule has 1 aliphatic heterocycles. The molecule has 1 aliphatic rings. The number of amides is 2. The lowest BCUT2D eigenvalue weighted by Crippen LogP contribution is -2.54. The minimum Gasteiger partial charge on any atom is -0.480 e. The lowest BCUT2D eigenvalue weighted by atomic mass is 9.91. The number of aliphatic carboxylic acids is 1. The van der Waals surface area contributed by atoms with Gasteiger partial charge in [0.05, 0.1) is 0 Å². The highest BCUT2D eigenvalue weighted by Crippen LogP contribution is 2.23. The van der Waals surface area contributed by atoms with Gasteiger partial charge in [-0.2, -0.15) is 0 Å². The molecule has 5 nitrogen and oxygen atoms in total. The molecule has 5 heteroatoms. The highest BCUT2D eigenvalue weighted by Gasteiger charge is 2.36. The minimum absolute atomic E-state index is 0.0264. The van der Waals surface area contributed by atoms with E-state index in [1.165, 1.54) is 11.9 Å². The maximum Gasteiger partial charge on any atom is 0.326 e. The van der Waals surface area contributed by atoms with Crippen LogP contribution >= 0.6 is 0 Å². The van der Waals surface area contributed by atoms with E-state index in [2.05, 4.69) is 5.32 Å². The molecule has 1 fully saturated rings. The lowest BCUT2D eigenvalue weighted by Gasteiger charge is -2.36. The van der Waals surface area contributed by atoms with Crippen molar-refractivity contribution < 1.29 is 14.7 Å². The zero-order valence-corrected chi connectivity index (χ0v) is 8.49. The van der Waals surface area contributed by atoms with Crippen molar-refractivity contribution in [2.75, 3.05) is 13.6 Å². The molecule has 80 valence electrons. The zero-order chi connectivity index (χ0) is 10.7. The third-order valence-corrected chi connectivity index (χ3v) is 2.66.